The summed E-state index contributed by atoms with van der Waals surface area (Å²) in [5.41, 5.74) is 1.71. The van der Waals surface area contributed by atoms with Crippen LogP contribution in [0.15, 0.2) is 51.4 Å². The van der Waals surface area contributed by atoms with Gasteiger partial charge in [-0.25, -0.2) is 0 Å². The number of halogens is 1. The zero-order valence-electron chi connectivity index (χ0n) is 20.3. The molecule has 34 heavy (non-hydrogen) atoms. The van der Waals surface area contributed by atoms with Gasteiger partial charge in [0.2, 0.25) is 5.78 Å². The molecule has 0 spiro atoms. The number of benzene rings is 2. The van der Waals surface area contributed by atoms with Gasteiger partial charge in [0, 0.05) is 27.6 Å². The highest BCUT2D eigenvalue weighted by atomic mass is 79.9. The van der Waals surface area contributed by atoms with Crippen LogP contribution < -0.4 is 5.46 Å². The SMILES string of the molecule is Cc1oc2c(c1C)C(=O)C(O)(Cc1ccc(B3OC(C)(C)C(C)(C)O3)cc1)c1ccc(Br)cc1-2. The molecule has 0 bridgehead atoms. The van der Waals surface area contributed by atoms with Crippen LogP contribution in [0.4, 0.5) is 0 Å². The molecule has 1 aliphatic carbocycles. The highest BCUT2D eigenvalue weighted by Gasteiger charge is 2.52. The Balaban J connectivity index is 1.50. The number of rotatable bonds is 3. The van der Waals surface area contributed by atoms with E-state index in [1.165, 1.54) is 0 Å². The van der Waals surface area contributed by atoms with Crippen molar-refractivity contribution in [2.75, 3.05) is 0 Å². The number of fused-ring (bicyclic) bond motifs is 3. The zero-order valence-corrected chi connectivity index (χ0v) is 21.9. The fourth-order valence-corrected chi connectivity index (χ4v) is 5.09. The summed E-state index contributed by atoms with van der Waals surface area (Å²) in [5, 5.41) is 11.9. The summed E-state index contributed by atoms with van der Waals surface area (Å²) in [4.78, 5) is 13.7. The normalized spacial score (nSPS) is 22.6. The molecular formula is C27H28BBrO5. The second-order valence-electron chi connectivity index (χ2n) is 10.4. The Morgan fingerprint density at radius 3 is 2.21 bits per heavy atom. The lowest BCUT2D eigenvalue weighted by atomic mass is 9.73. The van der Waals surface area contributed by atoms with Crippen molar-refractivity contribution in [1.82, 2.24) is 0 Å². The van der Waals surface area contributed by atoms with E-state index in [0.717, 1.165) is 26.6 Å². The minimum absolute atomic E-state index is 0.146. The summed E-state index contributed by atoms with van der Waals surface area (Å²) in [6.45, 7) is 11.8. The lowest BCUT2D eigenvalue weighted by Gasteiger charge is -2.33. The molecule has 2 aliphatic rings. The Bertz CT molecular complexity index is 1290. The van der Waals surface area contributed by atoms with Gasteiger partial charge in [0.1, 0.15) is 11.5 Å². The first-order valence-electron chi connectivity index (χ1n) is 11.5. The highest BCUT2D eigenvalue weighted by Crippen LogP contribution is 2.47. The van der Waals surface area contributed by atoms with Crippen LogP contribution in [0.2, 0.25) is 0 Å². The second-order valence-corrected chi connectivity index (χ2v) is 11.3. The molecule has 2 heterocycles. The second kappa shape index (κ2) is 7.66. The Kier molecular flexibility index (Phi) is 5.30. The quantitative estimate of drug-likeness (QED) is 0.475. The van der Waals surface area contributed by atoms with E-state index in [4.69, 9.17) is 13.7 Å². The van der Waals surface area contributed by atoms with Crippen LogP contribution in [0.3, 0.4) is 0 Å². The third-order valence-corrected chi connectivity index (χ3v) is 8.12. The van der Waals surface area contributed by atoms with Gasteiger partial charge < -0.3 is 18.8 Å². The van der Waals surface area contributed by atoms with Crippen LogP contribution in [0.1, 0.15) is 60.5 Å². The fourth-order valence-electron chi connectivity index (χ4n) is 4.73. The van der Waals surface area contributed by atoms with Crippen molar-refractivity contribution in [3.8, 4) is 11.3 Å². The van der Waals surface area contributed by atoms with Crippen LogP contribution in [-0.2, 0) is 21.3 Å². The van der Waals surface area contributed by atoms with Gasteiger partial charge in [-0.15, -0.1) is 0 Å². The molecule has 1 saturated heterocycles. The van der Waals surface area contributed by atoms with Crippen LogP contribution in [0, 0.1) is 13.8 Å². The van der Waals surface area contributed by atoms with Gasteiger partial charge in [0.25, 0.3) is 0 Å². The molecule has 1 unspecified atom stereocenters. The minimum Gasteiger partial charge on any atom is -0.460 e. The van der Waals surface area contributed by atoms with Crippen molar-refractivity contribution in [2.24, 2.45) is 0 Å². The first kappa shape index (κ1) is 23.6. The lowest BCUT2D eigenvalue weighted by molar-refractivity contribution is 0.00578. The summed E-state index contributed by atoms with van der Waals surface area (Å²) in [7, 11) is -0.462. The van der Waals surface area contributed by atoms with Crippen LogP contribution >= 0.6 is 15.9 Å². The monoisotopic (exact) mass is 522 g/mol. The van der Waals surface area contributed by atoms with Crippen LogP contribution in [-0.4, -0.2) is 29.2 Å². The topological polar surface area (TPSA) is 68.9 Å². The summed E-state index contributed by atoms with van der Waals surface area (Å²) >= 11 is 3.51. The smallest absolute Gasteiger partial charge is 0.460 e. The average molecular weight is 523 g/mol. The third kappa shape index (κ3) is 3.44. The van der Waals surface area contributed by atoms with Gasteiger partial charge in [0.05, 0.1) is 16.8 Å². The van der Waals surface area contributed by atoms with Gasteiger partial charge in [-0.3, -0.25) is 4.79 Å². The summed E-state index contributed by atoms with van der Waals surface area (Å²) in [5.74, 6) is 0.874. The molecule has 1 atom stereocenters. The molecule has 1 aliphatic heterocycles. The van der Waals surface area contributed by atoms with Gasteiger partial charge in [-0.1, -0.05) is 46.3 Å². The van der Waals surface area contributed by atoms with Gasteiger partial charge in [-0.2, -0.15) is 0 Å². The lowest BCUT2D eigenvalue weighted by Crippen LogP contribution is -2.41. The maximum absolute atomic E-state index is 13.7. The number of hydrogen-bond acceptors (Lipinski definition) is 5. The standard InChI is InChI=1S/C27H28BBrO5/c1-15-16(2)32-23-20-13-19(29)11-12-21(20)27(31,24(30)22(15)23)14-17-7-9-18(10-8-17)28-33-25(3,4)26(5,6)34-28/h7-13,31H,14H2,1-6H3. The van der Waals surface area contributed by atoms with Crippen molar-refractivity contribution < 1.29 is 23.6 Å². The van der Waals surface area contributed by atoms with E-state index in [9.17, 15) is 9.90 Å². The molecule has 0 radical (unpaired) electrons. The van der Waals surface area contributed by atoms with E-state index in [0.29, 0.717) is 22.6 Å². The number of hydrogen-bond donors (Lipinski definition) is 1. The van der Waals surface area contributed by atoms with Gasteiger partial charge in [-0.05, 0) is 64.7 Å². The Morgan fingerprint density at radius 1 is 0.971 bits per heavy atom. The zero-order chi connectivity index (χ0) is 24.6. The highest BCUT2D eigenvalue weighted by molar-refractivity contribution is 9.10. The summed E-state index contributed by atoms with van der Waals surface area (Å²) in [6, 6.07) is 13.3. The van der Waals surface area contributed by atoms with Crippen LogP contribution in [0.5, 0.6) is 0 Å². The van der Waals surface area contributed by atoms with Crippen molar-refractivity contribution in [2.45, 2.75) is 64.8 Å². The molecule has 1 N–H and O–H groups in total. The molecule has 3 aromatic rings. The first-order chi connectivity index (χ1) is 15.8. The predicted octanol–water partition coefficient (Wildman–Crippen LogP) is 5.25. The predicted molar refractivity (Wildman–Crippen MR) is 135 cm³/mol. The largest absolute Gasteiger partial charge is 0.494 e. The van der Waals surface area contributed by atoms with Crippen molar-refractivity contribution >= 4 is 34.3 Å². The number of aryl methyl sites for hydroxylation is 1. The van der Waals surface area contributed by atoms with E-state index in [1.54, 1.807) is 6.07 Å². The molecule has 5 nitrogen and oxygen atoms in total. The fraction of sp³-hybridized carbons (Fsp3) is 0.370. The van der Waals surface area contributed by atoms with E-state index in [-0.39, 0.29) is 12.2 Å². The summed E-state index contributed by atoms with van der Waals surface area (Å²) < 4.78 is 19.1. The van der Waals surface area contributed by atoms with E-state index < -0.39 is 23.9 Å². The maximum Gasteiger partial charge on any atom is 0.494 e. The maximum atomic E-state index is 13.7. The number of carbonyl (C=O) groups excluding carboxylic acids is 1. The van der Waals surface area contributed by atoms with E-state index >= 15 is 0 Å². The number of Topliss-reactive ketones (excluding diaryl/α,β-unsaturated/α-hetero) is 1. The molecule has 176 valence electrons. The number of aliphatic hydroxyl groups is 1. The molecule has 0 amide bonds. The molecule has 0 saturated carbocycles. The van der Waals surface area contributed by atoms with Crippen LogP contribution in [0.25, 0.3) is 11.3 Å². The average Bonchev–Trinajstić information content (AvgIpc) is 3.18. The van der Waals surface area contributed by atoms with Gasteiger partial charge in [0.15, 0.2) is 5.60 Å². The number of carbonyl (C=O) groups is 1. The number of furan rings is 1. The summed E-state index contributed by atoms with van der Waals surface area (Å²) in [6.07, 6.45) is 0.146. The Hall–Kier alpha value is -2.19. The molecule has 5 rings (SSSR count). The van der Waals surface area contributed by atoms with E-state index in [1.807, 2.05) is 77.9 Å². The van der Waals surface area contributed by atoms with Gasteiger partial charge >= 0.3 is 7.12 Å². The van der Waals surface area contributed by atoms with Crippen molar-refractivity contribution in [3.05, 3.63) is 75.0 Å². The third-order valence-electron chi connectivity index (χ3n) is 7.62. The Labute approximate surface area is 208 Å². The van der Waals surface area contributed by atoms with E-state index in [2.05, 4.69) is 15.9 Å². The Morgan fingerprint density at radius 2 is 1.59 bits per heavy atom. The first-order valence-corrected chi connectivity index (χ1v) is 12.3. The molecular weight excluding hydrogens is 495 g/mol. The minimum atomic E-state index is -1.70. The van der Waals surface area contributed by atoms with Crippen molar-refractivity contribution in [1.29, 1.82) is 0 Å². The number of ketones is 1. The van der Waals surface area contributed by atoms with Crippen molar-refractivity contribution in [3.63, 3.8) is 0 Å². The molecule has 1 fully saturated rings. The molecule has 2 aromatic carbocycles. The molecule has 1 aromatic heterocycles. The molecule has 7 heteroatoms.